The van der Waals surface area contributed by atoms with Crippen LogP contribution in [0.2, 0.25) is 0 Å². The average Bonchev–Trinajstić information content (AvgIpc) is 2.93. The first-order valence-corrected chi connectivity index (χ1v) is 12.8. The third kappa shape index (κ3) is 5.01. The van der Waals surface area contributed by atoms with E-state index < -0.39 is 0 Å². The Labute approximate surface area is 213 Å². The number of morpholine rings is 1. The van der Waals surface area contributed by atoms with E-state index in [1.807, 2.05) is 24.3 Å². The van der Waals surface area contributed by atoms with Crippen LogP contribution in [0.4, 0.5) is 0 Å². The number of ether oxygens (including phenoxy) is 2. The molecule has 1 aliphatic rings. The smallest absolute Gasteiger partial charge is 0.266 e. The number of thioether (sulfide) groups is 1. The monoisotopic (exact) mass is 501 g/mol. The molecule has 3 aromatic carbocycles. The second kappa shape index (κ2) is 10.6. The fourth-order valence-electron chi connectivity index (χ4n) is 4.14. The highest BCUT2D eigenvalue weighted by Gasteiger charge is 2.20. The van der Waals surface area contributed by atoms with E-state index in [0.29, 0.717) is 65.1 Å². The molecule has 1 fully saturated rings. The summed E-state index contributed by atoms with van der Waals surface area (Å²) in [6.45, 7) is 4.23. The number of rotatable bonds is 6. The average molecular weight is 502 g/mol. The number of methoxy groups -OCH3 is 1. The minimum Gasteiger partial charge on any atom is -0.497 e. The number of hydrogen-bond acceptors (Lipinski definition) is 6. The third-order valence-corrected chi connectivity index (χ3v) is 7.21. The summed E-state index contributed by atoms with van der Waals surface area (Å²) in [5.74, 6) is 1.29. The summed E-state index contributed by atoms with van der Waals surface area (Å²) in [5, 5.41) is 1.03. The van der Waals surface area contributed by atoms with Crippen molar-refractivity contribution < 1.29 is 14.3 Å². The number of benzene rings is 3. The normalized spacial score (nSPS) is 13.7. The Morgan fingerprint density at radius 3 is 2.44 bits per heavy atom. The lowest BCUT2D eigenvalue weighted by atomic mass is 10.1. The highest BCUT2D eigenvalue weighted by Crippen LogP contribution is 2.26. The van der Waals surface area contributed by atoms with Gasteiger partial charge in [0.25, 0.3) is 11.5 Å². The van der Waals surface area contributed by atoms with Crippen molar-refractivity contribution in [2.24, 2.45) is 0 Å². The van der Waals surface area contributed by atoms with Gasteiger partial charge < -0.3 is 14.4 Å². The molecule has 0 saturated carbocycles. The first-order chi connectivity index (χ1) is 17.5. The molecular weight excluding hydrogens is 474 g/mol. The molecule has 1 aliphatic heterocycles. The standard InChI is InChI=1S/C28H27N3O4S/c1-19-3-5-20(6-4-19)18-36-28-29-25-17-21(26(32)30-13-15-35-16-14-30)7-12-24(25)27(33)31(28)22-8-10-23(34-2)11-9-22/h3-12,17H,13-16,18H2,1-2H3. The summed E-state index contributed by atoms with van der Waals surface area (Å²) >= 11 is 1.49. The van der Waals surface area contributed by atoms with E-state index in [4.69, 9.17) is 14.5 Å². The Balaban J connectivity index is 1.57. The molecule has 2 heterocycles. The van der Waals surface area contributed by atoms with E-state index in [1.54, 1.807) is 34.8 Å². The molecule has 0 aliphatic carbocycles. The van der Waals surface area contributed by atoms with E-state index >= 15 is 0 Å². The number of fused-ring (bicyclic) bond motifs is 1. The predicted octanol–water partition coefficient (Wildman–Crippen LogP) is 4.47. The Morgan fingerprint density at radius 2 is 1.75 bits per heavy atom. The van der Waals surface area contributed by atoms with Crippen LogP contribution in [0, 0.1) is 6.92 Å². The van der Waals surface area contributed by atoms with Gasteiger partial charge in [0.1, 0.15) is 5.75 Å². The third-order valence-electron chi connectivity index (χ3n) is 6.20. The number of aryl methyl sites for hydroxylation is 1. The van der Waals surface area contributed by atoms with Crippen LogP contribution in [0.15, 0.2) is 76.7 Å². The van der Waals surface area contributed by atoms with Crippen LogP contribution in [0.25, 0.3) is 16.6 Å². The fraction of sp³-hybridized carbons (Fsp3) is 0.250. The van der Waals surface area contributed by atoms with Gasteiger partial charge in [-0.25, -0.2) is 4.98 Å². The zero-order chi connectivity index (χ0) is 25.1. The van der Waals surface area contributed by atoms with Crippen molar-refractivity contribution in [1.82, 2.24) is 14.5 Å². The van der Waals surface area contributed by atoms with Gasteiger partial charge in [0.05, 0.1) is 36.9 Å². The first-order valence-electron chi connectivity index (χ1n) is 11.8. The molecule has 4 aromatic rings. The lowest BCUT2D eigenvalue weighted by Crippen LogP contribution is -2.40. The van der Waals surface area contributed by atoms with Gasteiger partial charge >= 0.3 is 0 Å². The molecular formula is C28H27N3O4S. The molecule has 5 rings (SSSR count). The van der Waals surface area contributed by atoms with Crippen LogP contribution in [0.5, 0.6) is 5.75 Å². The van der Waals surface area contributed by atoms with Crippen molar-refractivity contribution in [2.75, 3.05) is 33.4 Å². The van der Waals surface area contributed by atoms with Crippen LogP contribution in [0.3, 0.4) is 0 Å². The summed E-state index contributed by atoms with van der Waals surface area (Å²) in [4.78, 5) is 33.4. The minimum atomic E-state index is -0.179. The lowest BCUT2D eigenvalue weighted by Gasteiger charge is -2.26. The molecule has 8 heteroatoms. The van der Waals surface area contributed by atoms with Crippen molar-refractivity contribution in [3.63, 3.8) is 0 Å². The van der Waals surface area contributed by atoms with Gasteiger partial charge in [0, 0.05) is 24.4 Å². The van der Waals surface area contributed by atoms with Gasteiger partial charge in [-0.05, 0) is 55.0 Å². The minimum absolute atomic E-state index is 0.0739. The first kappa shape index (κ1) is 24.1. The van der Waals surface area contributed by atoms with Crippen LogP contribution in [-0.2, 0) is 10.5 Å². The van der Waals surface area contributed by atoms with Crippen molar-refractivity contribution in [3.05, 3.63) is 93.8 Å². The Bertz CT molecular complexity index is 1440. The topological polar surface area (TPSA) is 73.7 Å². The number of hydrogen-bond donors (Lipinski definition) is 0. The fourth-order valence-corrected chi connectivity index (χ4v) is 5.10. The highest BCUT2D eigenvalue weighted by molar-refractivity contribution is 7.98. The van der Waals surface area contributed by atoms with E-state index in [0.717, 1.165) is 5.56 Å². The molecule has 184 valence electrons. The lowest BCUT2D eigenvalue weighted by molar-refractivity contribution is 0.0303. The molecule has 0 spiro atoms. The van der Waals surface area contributed by atoms with E-state index in [9.17, 15) is 9.59 Å². The Morgan fingerprint density at radius 1 is 1.03 bits per heavy atom. The van der Waals surface area contributed by atoms with Crippen molar-refractivity contribution in [2.45, 2.75) is 17.8 Å². The van der Waals surface area contributed by atoms with E-state index in [2.05, 4.69) is 31.2 Å². The number of amides is 1. The molecule has 1 amide bonds. The van der Waals surface area contributed by atoms with Gasteiger partial charge in [0.15, 0.2) is 5.16 Å². The molecule has 36 heavy (non-hydrogen) atoms. The molecule has 0 atom stereocenters. The van der Waals surface area contributed by atoms with Gasteiger partial charge in [-0.1, -0.05) is 41.6 Å². The maximum Gasteiger partial charge on any atom is 0.266 e. The zero-order valence-electron chi connectivity index (χ0n) is 20.3. The number of carbonyl (C=O) groups excluding carboxylic acids is 1. The Hall–Kier alpha value is -3.62. The SMILES string of the molecule is COc1ccc(-n2c(SCc3ccc(C)cc3)nc3cc(C(=O)N4CCOCC4)ccc3c2=O)cc1. The van der Waals surface area contributed by atoms with Crippen LogP contribution in [-0.4, -0.2) is 53.8 Å². The summed E-state index contributed by atoms with van der Waals surface area (Å²) in [6.07, 6.45) is 0. The van der Waals surface area contributed by atoms with Crippen molar-refractivity contribution >= 4 is 28.6 Å². The number of nitrogens with zero attached hydrogens (tertiary/aromatic N) is 3. The predicted molar refractivity (Wildman–Crippen MR) is 141 cm³/mol. The van der Waals surface area contributed by atoms with Crippen molar-refractivity contribution in [3.8, 4) is 11.4 Å². The second-order valence-electron chi connectivity index (χ2n) is 8.64. The van der Waals surface area contributed by atoms with Crippen molar-refractivity contribution in [1.29, 1.82) is 0 Å². The van der Waals surface area contributed by atoms with Crippen LogP contribution >= 0.6 is 11.8 Å². The molecule has 0 N–H and O–H groups in total. The summed E-state index contributed by atoms with van der Waals surface area (Å²) in [7, 11) is 1.61. The largest absolute Gasteiger partial charge is 0.497 e. The van der Waals surface area contributed by atoms with Gasteiger partial charge in [-0.3, -0.25) is 14.2 Å². The maximum absolute atomic E-state index is 13.7. The quantitative estimate of drug-likeness (QED) is 0.287. The summed E-state index contributed by atoms with van der Waals surface area (Å²) < 4.78 is 12.3. The molecule has 0 radical (unpaired) electrons. The molecule has 1 saturated heterocycles. The maximum atomic E-state index is 13.7. The summed E-state index contributed by atoms with van der Waals surface area (Å²) in [5.41, 5.74) is 3.89. The molecule has 0 bridgehead atoms. The van der Waals surface area contributed by atoms with Gasteiger partial charge in [-0.2, -0.15) is 0 Å². The number of aromatic nitrogens is 2. The van der Waals surface area contributed by atoms with Crippen LogP contribution < -0.4 is 10.3 Å². The molecule has 1 aromatic heterocycles. The number of carbonyl (C=O) groups is 1. The summed E-state index contributed by atoms with van der Waals surface area (Å²) in [6, 6.07) is 20.8. The zero-order valence-corrected chi connectivity index (χ0v) is 21.1. The molecule has 0 unspecified atom stereocenters. The Kier molecular flexibility index (Phi) is 7.06. The van der Waals surface area contributed by atoms with E-state index in [-0.39, 0.29) is 11.5 Å². The second-order valence-corrected chi connectivity index (χ2v) is 9.59. The van der Waals surface area contributed by atoms with E-state index in [1.165, 1.54) is 17.3 Å². The van der Waals surface area contributed by atoms with Gasteiger partial charge in [-0.15, -0.1) is 0 Å². The highest BCUT2D eigenvalue weighted by atomic mass is 32.2. The van der Waals surface area contributed by atoms with Crippen LogP contribution in [0.1, 0.15) is 21.5 Å². The van der Waals surface area contributed by atoms with Gasteiger partial charge in [0.2, 0.25) is 0 Å². The molecule has 7 nitrogen and oxygen atoms in total.